The van der Waals surface area contributed by atoms with E-state index in [9.17, 15) is 9.90 Å². The lowest BCUT2D eigenvalue weighted by molar-refractivity contribution is -0.136. The highest BCUT2D eigenvalue weighted by Crippen LogP contribution is 2.11. The van der Waals surface area contributed by atoms with Gasteiger partial charge in [-0.05, 0) is 18.1 Å². The van der Waals surface area contributed by atoms with E-state index in [0.717, 1.165) is 11.1 Å². The van der Waals surface area contributed by atoms with Crippen molar-refractivity contribution in [2.75, 3.05) is 20.3 Å². The molecule has 3 N–H and O–H groups in total. The van der Waals surface area contributed by atoms with E-state index in [0.29, 0.717) is 26.1 Å². The zero-order valence-electron chi connectivity index (χ0n) is 12.1. The Hall–Kier alpha value is -1.43. The molecular weight excluding hydrogens is 258 g/mol. The van der Waals surface area contributed by atoms with Gasteiger partial charge in [-0.2, -0.15) is 0 Å². The van der Waals surface area contributed by atoms with Crippen LogP contribution < -0.4 is 5.32 Å². The fourth-order valence-corrected chi connectivity index (χ4v) is 1.94. The zero-order valence-corrected chi connectivity index (χ0v) is 12.1. The number of ether oxygens (including phenoxy) is 1. The maximum absolute atomic E-state index is 10.8. The molecule has 5 nitrogen and oxygen atoms in total. The van der Waals surface area contributed by atoms with E-state index < -0.39 is 11.6 Å². The van der Waals surface area contributed by atoms with Gasteiger partial charge in [-0.25, -0.2) is 0 Å². The standard InChI is InChI=1S/C15H23NO4/c1-15(19,7-8-20-2)11-16-10-13-6-4-3-5-12(13)9-14(17)18/h3-6,16,19H,7-11H2,1-2H3,(H,17,18). The molecule has 1 aromatic rings. The molecule has 0 heterocycles. The summed E-state index contributed by atoms with van der Waals surface area (Å²) in [5.41, 5.74) is 0.902. The minimum absolute atomic E-state index is 0.0118. The molecule has 0 fully saturated rings. The van der Waals surface area contributed by atoms with E-state index in [-0.39, 0.29) is 6.42 Å². The lowest BCUT2D eigenvalue weighted by atomic mass is 10.0. The molecule has 1 unspecified atom stereocenters. The molecule has 1 rings (SSSR count). The summed E-state index contributed by atoms with van der Waals surface area (Å²) < 4.78 is 4.95. The van der Waals surface area contributed by atoms with Crippen LogP contribution >= 0.6 is 0 Å². The van der Waals surface area contributed by atoms with Gasteiger partial charge in [0.2, 0.25) is 0 Å². The molecule has 0 saturated heterocycles. The molecular formula is C15H23NO4. The van der Waals surface area contributed by atoms with Crippen LogP contribution in [0.3, 0.4) is 0 Å². The van der Waals surface area contributed by atoms with Crippen LogP contribution in [0.25, 0.3) is 0 Å². The Morgan fingerprint density at radius 2 is 2.00 bits per heavy atom. The molecule has 0 saturated carbocycles. The van der Waals surface area contributed by atoms with Gasteiger partial charge in [-0.1, -0.05) is 24.3 Å². The van der Waals surface area contributed by atoms with Gasteiger partial charge in [0.1, 0.15) is 0 Å². The van der Waals surface area contributed by atoms with Gasteiger partial charge in [-0.3, -0.25) is 4.79 Å². The van der Waals surface area contributed by atoms with Crippen molar-refractivity contribution in [3.05, 3.63) is 35.4 Å². The molecule has 0 spiro atoms. The Bertz CT molecular complexity index is 432. The summed E-state index contributed by atoms with van der Waals surface area (Å²) in [5, 5.41) is 22.1. The lowest BCUT2D eigenvalue weighted by Crippen LogP contribution is -2.38. The van der Waals surface area contributed by atoms with Crippen LogP contribution in [0.15, 0.2) is 24.3 Å². The molecule has 0 bridgehead atoms. The first-order valence-electron chi connectivity index (χ1n) is 6.65. The number of rotatable bonds is 9. The zero-order chi connectivity index (χ0) is 15.0. The summed E-state index contributed by atoms with van der Waals surface area (Å²) in [5.74, 6) is -0.843. The monoisotopic (exact) mass is 281 g/mol. The Morgan fingerprint density at radius 3 is 2.60 bits per heavy atom. The summed E-state index contributed by atoms with van der Waals surface area (Å²) in [6, 6.07) is 7.42. The van der Waals surface area contributed by atoms with E-state index in [2.05, 4.69) is 5.32 Å². The number of carboxylic acid groups (broad SMARTS) is 1. The summed E-state index contributed by atoms with van der Waals surface area (Å²) in [7, 11) is 1.60. The first kappa shape index (κ1) is 16.6. The third-order valence-electron chi connectivity index (χ3n) is 3.13. The number of benzene rings is 1. The SMILES string of the molecule is COCCC(C)(O)CNCc1ccccc1CC(=O)O. The number of methoxy groups -OCH3 is 1. The van der Waals surface area contributed by atoms with Crippen molar-refractivity contribution in [3.8, 4) is 0 Å². The highest BCUT2D eigenvalue weighted by Gasteiger charge is 2.19. The first-order chi connectivity index (χ1) is 9.44. The predicted octanol–water partition coefficient (Wildman–Crippen LogP) is 1.19. The topological polar surface area (TPSA) is 78.8 Å². The van der Waals surface area contributed by atoms with Gasteiger partial charge in [0.25, 0.3) is 0 Å². The third-order valence-corrected chi connectivity index (χ3v) is 3.13. The van der Waals surface area contributed by atoms with Gasteiger partial charge in [0.15, 0.2) is 0 Å². The highest BCUT2D eigenvalue weighted by molar-refractivity contribution is 5.70. The maximum Gasteiger partial charge on any atom is 0.307 e. The van der Waals surface area contributed by atoms with Crippen LogP contribution in [-0.4, -0.2) is 42.0 Å². The number of carboxylic acids is 1. The van der Waals surface area contributed by atoms with Crippen molar-refractivity contribution in [2.45, 2.75) is 31.9 Å². The summed E-state index contributed by atoms with van der Waals surface area (Å²) in [6.07, 6.45) is 0.561. The van der Waals surface area contributed by atoms with Crippen LogP contribution in [0.1, 0.15) is 24.5 Å². The average Bonchev–Trinajstić information content (AvgIpc) is 2.38. The second-order valence-electron chi connectivity index (χ2n) is 5.18. The Morgan fingerprint density at radius 1 is 1.35 bits per heavy atom. The normalized spacial score (nSPS) is 13.9. The van der Waals surface area contributed by atoms with Crippen LogP contribution in [0, 0.1) is 0 Å². The number of hydrogen-bond acceptors (Lipinski definition) is 4. The van der Waals surface area contributed by atoms with E-state index in [4.69, 9.17) is 9.84 Å². The van der Waals surface area contributed by atoms with E-state index in [1.54, 1.807) is 14.0 Å². The molecule has 112 valence electrons. The number of nitrogens with one attached hydrogen (secondary N) is 1. The molecule has 0 aromatic heterocycles. The van der Waals surface area contributed by atoms with Crippen molar-refractivity contribution in [2.24, 2.45) is 0 Å². The fraction of sp³-hybridized carbons (Fsp3) is 0.533. The highest BCUT2D eigenvalue weighted by atomic mass is 16.5. The predicted molar refractivity (Wildman–Crippen MR) is 76.6 cm³/mol. The van der Waals surface area contributed by atoms with E-state index in [1.807, 2.05) is 24.3 Å². The molecule has 1 aromatic carbocycles. The first-order valence-corrected chi connectivity index (χ1v) is 6.65. The van der Waals surface area contributed by atoms with Crippen molar-refractivity contribution < 1.29 is 19.7 Å². The number of carbonyl (C=O) groups is 1. The van der Waals surface area contributed by atoms with Crippen LogP contribution in [-0.2, 0) is 22.5 Å². The van der Waals surface area contributed by atoms with Crippen LogP contribution in [0.2, 0.25) is 0 Å². The van der Waals surface area contributed by atoms with Gasteiger partial charge >= 0.3 is 5.97 Å². The average molecular weight is 281 g/mol. The van der Waals surface area contributed by atoms with Crippen molar-refractivity contribution in [3.63, 3.8) is 0 Å². The fourth-order valence-electron chi connectivity index (χ4n) is 1.94. The number of hydrogen-bond donors (Lipinski definition) is 3. The second kappa shape index (κ2) is 7.99. The third kappa shape index (κ3) is 6.14. The Balaban J connectivity index is 2.51. The molecule has 0 amide bonds. The quantitative estimate of drug-likeness (QED) is 0.633. The molecule has 1 atom stereocenters. The van der Waals surface area contributed by atoms with Crippen LogP contribution in [0.4, 0.5) is 0 Å². The van der Waals surface area contributed by atoms with Gasteiger partial charge < -0.3 is 20.3 Å². The number of aliphatic carboxylic acids is 1. The molecule has 0 aliphatic carbocycles. The summed E-state index contributed by atoms with van der Waals surface area (Å²) in [6.45, 7) is 3.22. The van der Waals surface area contributed by atoms with Gasteiger partial charge in [0, 0.05) is 33.2 Å². The van der Waals surface area contributed by atoms with Crippen molar-refractivity contribution >= 4 is 5.97 Å². The summed E-state index contributed by atoms with van der Waals surface area (Å²) in [4.78, 5) is 10.8. The molecule has 20 heavy (non-hydrogen) atoms. The second-order valence-corrected chi connectivity index (χ2v) is 5.18. The lowest BCUT2D eigenvalue weighted by Gasteiger charge is -2.23. The van der Waals surface area contributed by atoms with Gasteiger partial charge in [0.05, 0.1) is 12.0 Å². The minimum Gasteiger partial charge on any atom is -0.481 e. The van der Waals surface area contributed by atoms with E-state index >= 15 is 0 Å². The molecule has 0 aliphatic heterocycles. The Kier molecular flexibility index (Phi) is 6.64. The molecule has 0 radical (unpaired) electrons. The van der Waals surface area contributed by atoms with E-state index in [1.165, 1.54) is 0 Å². The number of aliphatic hydroxyl groups is 1. The molecule has 5 heteroatoms. The maximum atomic E-state index is 10.8. The smallest absolute Gasteiger partial charge is 0.307 e. The Labute approximate surface area is 119 Å². The van der Waals surface area contributed by atoms with Crippen molar-refractivity contribution in [1.82, 2.24) is 5.32 Å². The van der Waals surface area contributed by atoms with Gasteiger partial charge in [-0.15, -0.1) is 0 Å². The van der Waals surface area contributed by atoms with Crippen molar-refractivity contribution in [1.29, 1.82) is 0 Å². The molecule has 0 aliphatic rings. The minimum atomic E-state index is -0.843. The summed E-state index contributed by atoms with van der Waals surface area (Å²) >= 11 is 0. The van der Waals surface area contributed by atoms with Crippen LogP contribution in [0.5, 0.6) is 0 Å². The largest absolute Gasteiger partial charge is 0.481 e.